The van der Waals surface area contributed by atoms with Crippen molar-refractivity contribution in [3.8, 4) is 0 Å². The molecule has 4 rings (SSSR count). The Morgan fingerprint density at radius 2 is 1.93 bits per heavy atom. The highest BCUT2D eigenvalue weighted by Gasteiger charge is 2.33. The maximum absolute atomic E-state index is 12.4. The molecule has 154 valence electrons. The van der Waals surface area contributed by atoms with Crippen LogP contribution in [-0.4, -0.2) is 76.2 Å². The molecule has 0 aromatic carbocycles. The summed E-state index contributed by atoms with van der Waals surface area (Å²) in [4.78, 5) is 29.4. The Labute approximate surface area is 166 Å². The number of nitrogens with one attached hydrogen (secondary N) is 2. The Kier molecular flexibility index (Phi) is 5.96. The predicted molar refractivity (Wildman–Crippen MR) is 107 cm³/mol. The van der Waals surface area contributed by atoms with E-state index in [-0.39, 0.29) is 17.7 Å². The number of hydrogen-bond donors (Lipinski definition) is 2. The molecule has 2 N–H and O–H groups in total. The molecule has 1 aliphatic carbocycles. The van der Waals surface area contributed by atoms with Gasteiger partial charge in [0.1, 0.15) is 0 Å². The Bertz CT molecular complexity index is 693. The van der Waals surface area contributed by atoms with Crippen LogP contribution in [0.5, 0.6) is 0 Å². The maximum atomic E-state index is 12.4. The lowest BCUT2D eigenvalue weighted by Gasteiger charge is -2.41. The van der Waals surface area contributed by atoms with Crippen LogP contribution in [0.3, 0.4) is 0 Å². The second kappa shape index (κ2) is 8.61. The predicted octanol–water partition coefficient (Wildman–Crippen LogP) is 0.814. The summed E-state index contributed by atoms with van der Waals surface area (Å²) in [7, 11) is 1.83. The number of rotatable bonds is 6. The molecule has 1 aromatic heterocycles. The number of aromatic nitrogens is 2. The van der Waals surface area contributed by atoms with Gasteiger partial charge in [0.05, 0.1) is 12.5 Å². The standard InChI is InChI=1S/C20H32N6O2/c1-24-10-8-18(23-24)22-19(27)14-25-11-6-17(7-12-25)26-9-2-3-15(13-26)20(28)21-16-4-5-16/h8,10,15-17H,2-7,9,11-14H2,1H3,(H,21,28)(H,22,23,27). The zero-order valence-electron chi connectivity index (χ0n) is 16.8. The number of carbonyl (C=O) groups excluding carboxylic acids is 2. The number of amides is 2. The highest BCUT2D eigenvalue weighted by molar-refractivity contribution is 5.91. The van der Waals surface area contributed by atoms with E-state index in [2.05, 4.69) is 25.5 Å². The second-order valence-electron chi connectivity index (χ2n) is 8.55. The van der Waals surface area contributed by atoms with Crippen molar-refractivity contribution in [1.82, 2.24) is 24.9 Å². The van der Waals surface area contributed by atoms with Crippen molar-refractivity contribution in [3.63, 3.8) is 0 Å². The molecule has 0 radical (unpaired) electrons. The topological polar surface area (TPSA) is 82.5 Å². The summed E-state index contributed by atoms with van der Waals surface area (Å²) in [5, 5.41) is 10.2. The van der Waals surface area contributed by atoms with Gasteiger partial charge in [-0.2, -0.15) is 5.10 Å². The minimum Gasteiger partial charge on any atom is -0.353 e. The van der Waals surface area contributed by atoms with Crippen LogP contribution in [0.15, 0.2) is 12.3 Å². The lowest BCUT2D eigenvalue weighted by molar-refractivity contribution is -0.127. The van der Waals surface area contributed by atoms with E-state index >= 15 is 0 Å². The van der Waals surface area contributed by atoms with Gasteiger partial charge in [-0.25, -0.2) is 0 Å². The average molecular weight is 389 g/mol. The summed E-state index contributed by atoms with van der Waals surface area (Å²) in [6.07, 6.45) is 8.36. The summed E-state index contributed by atoms with van der Waals surface area (Å²) in [5.41, 5.74) is 0. The van der Waals surface area contributed by atoms with E-state index in [1.807, 2.05) is 13.2 Å². The fourth-order valence-electron chi connectivity index (χ4n) is 4.41. The molecule has 1 atom stereocenters. The third-order valence-electron chi connectivity index (χ3n) is 6.17. The van der Waals surface area contributed by atoms with Crippen LogP contribution in [0.25, 0.3) is 0 Å². The molecule has 3 fully saturated rings. The quantitative estimate of drug-likeness (QED) is 0.754. The van der Waals surface area contributed by atoms with E-state index in [0.717, 1.165) is 64.7 Å². The van der Waals surface area contributed by atoms with Gasteiger partial charge < -0.3 is 10.6 Å². The van der Waals surface area contributed by atoms with Crippen molar-refractivity contribution < 1.29 is 9.59 Å². The van der Waals surface area contributed by atoms with Crippen molar-refractivity contribution in [1.29, 1.82) is 0 Å². The minimum absolute atomic E-state index is 0.00747. The number of carbonyl (C=O) groups is 2. The van der Waals surface area contributed by atoms with Crippen LogP contribution in [0, 0.1) is 5.92 Å². The molecule has 2 amide bonds. The van der Waals surface area contributed by atoms with E-state index in [4.69, 9.17) is 0 Å². The molecule has 1 saturated carbocycles. The minimum atomic E-state index is -0.00747. The Morgan fingerprint density at radius 1 is 1.14 bits per heavy atom. The zero-order chi connectivity index (χ0) is 19.5. The molecule has 2 aliphatic heterocycles. The summed E-state index contributed by atoms with van der Waals surface area (Å²) in [6, 6.07) is 2.78. The van der Waals surface area contributed by atoms with E-state index in [1.165, 1.54) is 0 Å². The molecule has 1 aromatic rings. The number of anilines is 1. The number of piperidine rings is 2. The lowest BCUT2D eigenvalue weighted by Crippen LogP contribution is -2.51. The van der Waals surface area contributed by atoms with Gasteiger partial charge in [0.25, 0.3) is 0 Å². The van der Waals surface area contributed by atoms with E-state index in [0.29, 0.717) is 24.4 Å². The molecule has 8 nitrogen and oxygen atoms in total. The van der Waals surface area contributed by atoms with Gasteiger partial charge in [0, 0.05) is 51.0 Å². The molecule has 2 saturated heterocycles. The summed E-state index contributed by atoms with van der Waals surface area (Å²) in [5.74, 6) is 1.01. The van der Waals surface area contributed by atoms with Gasteiger partial charge in [-0.3, -0.25) is 24.1 Å². The van der Waals surface area contributed by atoms with Gasteiger partial charge in [-0.05, 0) is 45.1 Å². The van der Waals surface area contributed by atoms with E-state index in [9.17, 15) is 9.59 Å². The maximum Gasteiger partial charge on any atom is 0.239 e. The van der Waals surface area contributed by atoms with Gasteiger partial charge in [0.15, 0.2) is 5.82 Å². The Morgan fingerprint density at radius 3 is 2.61 bits per heavy atom. The smallest absolute Gasteiger partial charge is 0.239 e. The summed E-state index contributed by atoms with van der Waals surface area (Å²) >= 11 is 0. The fraction of sp³-hybridized carbons (Fsp3) is 0.750. The van der Waals surface area contributed by atoms with Gasteiger partial charge in [0.2, 0.25) is 11.8 Å². The number of hydrogen-bond acceptors (Lipinski definition) is 5. The van der Waals surface area contributed by atoms with Crippen LogP contribution in [0.1, 0.15) is 38.5 Å². The first-order valence-electron chi connectivity index (χ1n) is 10.6. The van der Waals surface area contributed by atoms with Crippen molar-refractivity contribution in [3.05, 3.63) is 12.3 Å². The second-order valence-corrected chi connectivity index (χ2v) is 8.55. The first kappa shape index (κ1) is 19.4. The van der Waals surface area contributed by atoms with Crippen LogP contribution in [0.4, 0.5) is 5.82 Å². The monoisotopic (exact) mass is 388 g/mol. The Hall–Kier alpha value is -1.93. The molecule has 0 spiro atoms. The van der Waals surface area contributed by atoms with Gasteiger partial charge >= 0.3 is 0 Å². The highest BCUT2D eigenvalue weighted by Crippen LogP contribution is 2.25. The largest absolute Gasteiger partial charge is 0.353 e. The highest BCUT2D eigenvalue weighted by atomic mass is 16.2. The van der Waals surface area contributed by atoms with Crippen LogP contribution in [0.2, 0.25) is 0 Å². The lowest BCUT2D eigenvalue weighted by atomic mass is 9.93. The number of likely N-dealkylation sites (tertiary alicyclic amines) is 2. The fourth-order valence-corrected chi connectivity index (χ4v) is 4.41. The molecule has 3 aliphatic rings. The van der Waals surface area contributed by atoms with Crippen LogP contribution in [-0.2, 0) is 16.6 Å². The molecular weight excluding hydrogens is 356 g/mol. The third kappa shape index (κ3) is 5.11. The molecule has 8 heteroatoms. The first-order chi connectivity index (χ1) is 13.6. The molecule has 3 heterocycles. The molecule has 1 unspecified atom stereocenters. The third-order valence-corrected chi connectivity index (χ3v) is 6.17. The normalized spacial score (nSPS) is 24.8. The van der Waals surface area contributed by atoms with Crippen LogP contribution < -0.4 is 10.6 Å². The van der Waals surface area contributed by atoms with Crippen LogP contribution >= 0.6 is 0 Å². The number of nitrogens with zero attached hydrogens (tertiary/aromatic N) is 4. The van der Waals surface area contributed by atoms with Crippen molar-refractivity contribution in [2.45, 2.75) is 50.6 Å². The molecular formula is C20H32N6O2. The van der Waals surface area contributed by atoms with E-state index < -0.39 is 0 Å². The SMILES string of the molecule is Cn1ccc(NC(=O)CN2CCC(N3CCCC(C(=O)NC4CC4)C3)CC2)n1. The van der Waals surface area contributed by atoms with Crippen molar-refractivity contribution >= 4 is 17.6 Å². The molecule has 28 heavy (non-hydrogen) atoms. The first-order valence-corrected chi connectivity index (χ1v) is 10.6. The van der Waals surface area contributed by atoms with E-state index in [1.54, 1.807) is 10.7 Å². The zero-order valence-corrected chi connectivity index (χ0v) is 16.8. The van der Waals surface area contributed by atoms with Gasteiger partial charge in [-0.15, -0.1) is 0 Å². The summed E-state index contributed by atoms with van der Waals surface area (Å²) < 4.78 is 1.68. The van der Waals surface area contributed by atoms with Crippen molar-refractivity contribution in [2.75, 3.05) is 38.0 Å². The van der Waals surface area contributed by atoms with Gasteiger partial charge in [-0.1, -0.05) is 0 Å². The van der Waals surface area contributed by atoms with Crippen molar-refractivity contribution in [2.24, 2.45) is 13.0 Å². The Balaban J connectivity index is 1.20. The summed E-state index contributed by atoms with van der Waals surface area (Å²) in [6.45, 7) is 4.25. The average Bonchev–Trinajstić information content (AvgIpc) is 3.42. The molecule has 0 bridgehead atoms. The number of aryl methyl sites for hydroxylation is 1.